The van der Waals surface area contributed by atoms with E-state index in [9.17, 15) is 4.79 Å². The Morgan fingerprint density at radius 1 is 1.40 bits per heavy atom. The van der Waals surface area contributed by atoms with E-state index >= 15 is 0 Å². The normalized spacial score (nSPS) is 22.1. The molecule has 1 aromatic rings. The van der Waals surface area contributed by atoms with Gasteiger partial charge in [0.1, 0.15) is 0 Å². The molecule has 1 amide bonds. The first-order valence-corrected chi connectivity index (χ1v) is 7.44. The van der Waals surface area contributed by atoms with Crippen molar-refractivity contribution in [2.75, 3.05) is 33.7 Å². The molecule has 0 radical (unpaired) electrons. The highest BCUT2D eigenvalue weighted by molar-refractivity contribution is 5.96. The van der Waals surface area contributed by atoms with Gasteiger partial charge in [-0.15, -0.1) is 0 Å². The summed E-state index contributed by atoms with van der Waals surface area (Å²) >= 11 is 0. The zero-order chi connectivity index (χ0) is 14.1. The summed E-state index contributed by atoms with van der Waals surface area (Å²) in [4.78, 5) is 17.0. The fourth-order valence-electron chi connectivity index (χ4n) is 3.25. The van der Waals surface area contributed by atoms with Crippen molar-refractivity contribution in [3.63, 3.8) is 0 Å². The van der Waals surface area contributed by atoms with Crippen LogP contribution in [0.1, 0.15) is 27.9 Å². The molecule has 2 aliphatic rings. The number of likely N-dealkylation sites (N-methyl/N-ethyl adjacent to an activating group) is 1. The number of carbonyl (C=O) groups excluding carboxylic acids is 1. The zero-order valence-electron chi connectivity index (χ0n) is 12.4. The highest BCUT2D eigenvalue weighted by atomic mass is 16.2. The molecule has 2 heterocycles. The molecule has 0 aromatic heterocycles. The van der Waals surface area contributed by atoms with E-state index in [0.29, 0.717) is 6.04 Å². The smallest absolute Gasteiger partial charge is 0.254 e. The number of carbonyl (C=O) groups is 1. The predicted molar refractivity (Wildman–Crippen MR) is 79.8 cm³/mol. The molecule has 20 heavy (non-hydrogen) atoms. The lowest BCUT2D eigenvalue weighted by Crippen LogP contribution is -2.35. The number of rotatable bonds is 2. The lowest BCUT2D eigenvalue weighted by Gasteiger charge is -2.24. The van der Waals surface area contributed by atoms with Crippen molar-refractivity contribution in [1.82, 2.24) is 15.1 Å². The number of fused-ring (bicyclic) bond motifs is 1. The lowest BCUT2D eigenvalue weighted by atomic mass is 9.95. The summed E-state index contributed by atoms with van der Waals surface area (Å²) in [5.74, 6) is 0.216. The van der Waals surface area contributed by atoms with Crippen molar-refractivity contribution in [3.05, 3.63) is 34.9 Å². The van der Waals surface area contributed by atoms with Crippen LogP contribution in [0.2, 0.25) is 0 Å². The summed E-state index contributed by atoms with van der Waals surface area (Å²) in [7, 11) is 4.18. The highest BCUT2D eigenvalue weighted by Gasteiger charge is 2.29. The molecule has 1 fully saturated rings. The number of amides is 1. The Morgan fingerprint density at radius 2 is 2.25 bits per heavy atom. The molecule has 108 valence electrons. The Balaban J connectivity index is 1.81. The van der Waals surface area contributed by atoms with Crippen LogP contribution in [0, 0.1) is 0 Å². The number of nitrogens with one attached hydrogen (secondary N) is 1. The van der Waals surface area contributed by atoms with Crippen LogP contribution < -0.4 is 5.32 Å². The van der Waals surface area contributed by atoms with Crippen molar-refractivity contribution < 1.29 is 4.79 Å². The molecular formula is C16H23N3O. The summed E-state index contributed by atoms with van der Waals surface area (Å²) < 4.78 is 0. The van der Waals surface area contributed by atoms with Gasteiger partial charge in [-0.2, -0.15) is 0 Å². The van der Waals surface area contributed by atoms with Gasteiger partial charge in [-0.3, -0.25) is 4.79 Å². The number of hydrogen-bond donors (Lipinski definition) is 1. The van der Waals surface area contributed by atoms with Gasteiger partial charge < -0.3 is 15.1 Å². The number of benzene rings is 1. The van der Waals surface area contributed by atoms with E-state index in [1.807, 2.05) is 17.0 Å². The van der Waals surface area contributed by atoms with Gasteiger partial charge in [0, 0.05) is 31.2 Å². The fourth-order valence-corrected chi connectivity index (χ4v) is 3.25. The van der Waals surface area contributed by atoms with Gasteiger partial charge in [0.25, 0.3) is 5.91 Å². The summed E-state index contributed by atoms with van der Waals surface area (Å²) in [6.45, 7) is 3.59. The van der Waals surface area contributed by atoms with Crippen LogP contribution in [-0.4, -0.2) is 55.5 Å². The average molecular weight is 273 g/mol. The maximum atomic E-state index is 12.8. The average Bonchev–Trinajstić information content (AvgIpc) is 2.96. The van der Waals surface area contributed by atoms with E-state index in [2.05, 4.69) is 30.4 Å². The largest absolute Gasteiger partial charge is 0.337 e. The van der Waals surface area contributed by atoms with Gasteiger partial charge in [0.05, 0.1) is 0 Å². The SMILES string of the molecule is CN(C)C1CCN(C(=O)c2cccc3c2CCNC3)C1. The standard InChI is InChI=1S/C16H23N3O/c1-18(2)13-7-9-19(11-13)16(20)15-5-3-4-12-10-17-8-6-14(12)15/h3-5,13,17H,6-11H2,1-2H3. The second-order valence-corrected chi connectivity index (χ2v) is 6.03. The molecule has 0 bridgehead atoms. The first-order chi connectivity index (χ1) is 9.66. The summed E-state index contributed by atoms with van der Waals surface area (Å²) in [6, 6.07) is 6.64. The third kappa shape index (κ3) is 2.45. The predicted octanol–water partition coefficient (Wildman–Crippen LogP) is 1.11. The first kappa shape index (κ1) is 13.6. The van der Waals surface area contributed by atoms with Crippen LogP contribution in [0.15, 0.2) is 18.2 Å². The van der Waals surface area contributed by atoms with Crippen LogP contribution in [0.5, 0.6) is 0 Å². The number of hydrogen-bond acceptors (Lipinski definition) is 3. The van der Waals surface area contributed by atoms with Gasteiger partial charge in [0.2, 0.25) is 0 Å². The molecule has 1 N–H and O–H groups in total. The molecule has 1 saturated heterocycles. The Kier molecular flexibility index (Phi) is 3.76. The first-order valence-electron chi connectivity index (χ1n) is 7.44. The molecule has 4 nitrogen and oxygen atoms in total. The minimum atomic E-state index is 0.216. The molecule has 2 aliphatic heterocycles. The van der Waals surface area contributed by atoms with Crippen molar-refractivity contribution in [2.45, 2.75) is 25.4 Å². The van der Waals surface area contributed by atoms with Gasteiger partial charge in [0.15, 0.2) is 0 Å². The maximum absolute atomic E-state index is 12.8. The Hall–Kier alpha value is -1.39. The summed E-state index contributed by atoms with van der Waals surface area (Å²) in [5, 5.41) is 3.37. The lowest BCUT2D eigenvalue weighted by molar-refractivity contribution is 0.0781. The molecule has 1 atom stereocenters. The topological polar surface area (TPSA) is 35.6 Å². The molecule has 1 unspecified atom stereocenters. The van der Waals surface area contributed by atoms with Crippen LogP contribution in [-0.2, 0) is 13.0 Å². The van der Waals surface area contributed by atoms with Crippen molar-refractivity contribution in [3.8, 4) is 0 Å². The van der Waals surface area contributed by atoms with Crippen LogP contribution in [0.3, 0.4) is 0 Å². The maximum Gasteiger partial charge on any atom is 0.254 e. The number of nitrogens with zero attached hydrogens (tertiary/aromatic N) is 2. The van der Waals surface area contributed by atoms with E-state index in [4.69, 9.17) is 0 Å². The van der Waals surface area contributed by atoms with Crippen molar-refractivity contribution >= 4 is 5.91 Å². The van der Waals surface area contributed by atoms with E-state index in [1.54, 1.807) is 0 Å². The Labute approximate surface area is 120 Å². The van der Waals surface area contributed by atoms with E-state index in [1.165, 1.54) is 11.1 Å². The minimum Gasteiger partial charge on any atom is -0.337 e. The number of likely N-dealkylation sites (tertiary alicyclic amines) is 1. The molecule has 0 spiro atoms. The van der Waals surface area contributed by atoms with Crippen LogP contribution in [0.25, 0.3) is 0 Å². The van der Waals surface area contributed by atoms with Crippen molar-refractivity contribution in [1.29, 1.82) is 0 Å². The summed E-state index contributed by atoms with van der Waals surface area (Å²) in [6.07, 6.45) is 2.04. The minimum absolute atomic E-state index is 0.216. The van der Waals surface area contributed by atoms with E-state index in [-0.39, 0.29) is 5.91 Å². The molecular weight excluding hydrogens is 250 g/mol. The molecule has 0 saturated carbocycles. The highest BCUT2D eigenvalue weighted by Crippen LogP contribution is 2.22. The van der Waals surface area contributed by atoms with Gasteiger partial charge in [-0.1, -0.05) is 12.1 Å². The fraction of sp³-hybridized carbons (Fsp3) is 0.562. The van der Waals surface area contributed by atoms with E-state index in [0.717, 1.165) is 44.6 Å². The zero-order valence-corrected chi connectivity index (χ0v) is 12.4. The Bertz CT molecular complexity index is 512. The molecule has 4 heteroatoms. The van der Waals surface area contributed by atoms with Gasteiger partial charge >= 0.3 is 0 Å². The second kappa shape index (κ2) is 5.54. The summed E-state index contributed by atoms with van der Waals surface area (Å²) in [5.41, 5.74) is 3.46. The van der Waals surface area contributed by atoms with Crippen LogP contribution >= 0.6 is 0 Å². The second-order valence-electron chi connectivity index (χ2n) is 6.03. The third-order valence-electron chi connectivity index (χ3n) is 4.55. The molecule has 0 aliphatic carbocycles. The van der Waals surface area contributed by atoms with Gasteiger partial charge in [-0.25, -0.2) is 0 Å². The van der Waals surface area contributed by atoms with E-state index < -0.39 is 0 Å². The third-order valence-corrected chi connectivity index (χ3v) is 4.55. The Morgan fingerprint density at radius 3 is 3.00 bits per heavy atom. The van der Waals surface area contributed by atoms with Crippen LogP contribution in [0.4, 0.5) is 0 Å². The molecule has 3 rings (SSSR count). The van der Waals surface area contributed by atoms with Gasteiger partial charge in [-0.05, 0) is 50.7 Å². The monoisotopic (exact) mass is 273 g/mol. The van der Waals surface area contributed by atoms with Crippen molar-refractivity contribution in [2.24, 2.45) is 0 Å². The molecule has 1 aromatic carbocycles. The quantitative estimate of drug-likeness (QED) is 0.877.